The van der Waals surface area contributed by atoms with Crippen LogP contribution in [0.25, 0.3) is 0 Å². The van der Waals surface area contributed by atoms with Gasteiger partial charge in [0.15, 0.2) is 0 Å². The second-order valence-electron chi connectivity index (χ2n) is 7.51. The summed E-state index contributed by atoms with van der Waals surface area (Å²) >= 11 is 5.93. The quantitative estimate of drug-likeness (QED) is 0.574. The van der Waals surface area contributed by atoms with Crippen molar-refractivity contribution in [3.8, 4) is 0 Å². The molecule has 2 atom stereocenters. The third-order valence-corrected chi connectivity index (χ3v) is 5.79. The molecule has 0 saturated carbocycles. The number of carboxylic acid groups (broad SMARTS) is 1. The zero-order valence-electron chi connectivity index (χ0n) is 16.5. The van der Waals surface area contributed by atoms with E-state index in [9.17, 15) is 27.9 Å². The van der Waals surface area contributed by atoms with Gasteiger partial charge in [0.05, 0.1) is 17.6 Å². The number of halogens is 4. The highest BCUT2D eigenvalue weighted by Crippen LogP contribution is 2.43. The molecule has 2 unspecified atom stereocenters. The van der Waals surface area contributed by atoms with Crippen LogP contribution in [-0.2, 0) is 17.5 Å². The Labute approximate surface area is 186 Å². The lowest BCUT2D eigenvalue weighted by molar-refractivity contribution is -0.309. The maximum absolute atomic E-state index is 13.4. The molecule has 3 aromatic carbocycles. The first-order chi connectivity index (χ1) is 15.2. The average molecular weight is 459 g/mol. The van der Waals surface area contributed by atoms with Crippen molar-refractivity contribution in [1.29, 1.82) is 0 Å². The van der Waals surface area contributed by atoms with Gasteiger partial charge in [-0.05, 0) is 47.0 Å². The second-order valence-corrected chi connectivity index (χ2v) is 7.94. The maximum atomic E-state index is 13.4. The molecule has 3 aromatic rings. The third-order valence-electron chi connectivity index (χ3n) is 5.54. The minimum atomic E-state index is -4.54. The Kier molecular flexibility index (Phi) is 5.69. The first kappa shape index (κ1) is 21.9. The first-order valence-electron chi connectivity index (χ1n) is 9.69. The lowest BCUT2D eigenvalue weighted by Gasteiger charge is -2.43. The fourth-order valence-electron chi connectivity index (χ4n) is 4.05. The van der Waals surface area contributed by atoms with Gasteiger partial charge in [-0.3, -0.25) is 4.79 Å². The van der Waals surface area contributed by atoms with Crippen LogP contribution in [0.15, 0.2) is 72.8 Å². The SMILES string of the molecule is O=C([O-])C1c2ccccc2C(=O)N(Cc2ccc(Cl)cc2)C1c1ccc(C(F)(F)F)cc1. The summed E-state index contributed by atoms with van der Waals surface area (Å²) in [4.78, 5) is 27.0. The molecule has 1 heterocycles. The van der Waals surface area contributed by atoms with Gasteiger partial charge in [0.1, 0.15) is 0 Å². The number of benzene rings is 3. The van der Waals surface area contributed by atoms with Gasteiger partial charge in [0.25, 0.3) is 5.91 Å². The van der Waals surface area contributed by atoms with Crippen molar-refractivity contribution >= 4 is 23.5 Å². The van der Waals surface area contributed by atoms with Crippen LogP contribution in [0, 0.1) is 0 Å². The number of carboxylic acids is 1. The van der Waals surface area contributed by atoms with Crippen LogP contribution in [0.1, 0.15) is 44.6 Å². The fraction of sp³-hybridized carbons (Fsp3) is 0.167. The van der Waals surface area contributed by atoms with E-state index in [-0.39, 0.29) is 23.2 Å². The monoisotopic (exact) mass is 458 g/mol. The molecule has 8 heteroatoms. The van der Waals surface area contributed by atoms with Crippen molar-refractivity contribution in [2.75, 3.05) is 0 Å². The molecule has 0 N–H and O–H groups in total. The summed E-state index contributed by atoms with van der Waals surface area (Å²) in [5.74, 6) is -3.10. The summed E-state index contributed by atoms with van der Waals surface area (Å²) in [6.07, 6.45) is -4.54. The Morgan fingerprint density at radius 2 is 1.59 bits per heavy atom. The average Bonchev–Trinajstić information content (AvgIpc) is 2.76. The van der Waals surface area contributed by atoms with Crippen molar-refractivity contribution in [2.24, 2.45) is 0 Å². The molecule has 0 radical (unpaired) electrons. The molecule has 0 bridgehead atoms. The highest BCUT2D eigenvalue weighted by atomic mass is 35.5. The van der Waals surface area contributed by atoms with Gasteiger partial charge in [0.2, 0.25) is 0 Å². The Balaban J connectivity index is 1.85. The molecule has 1 aliphatic rings. The number of aliphatic carboxylic acids is 1. The highest BCUT2D eigenvalue weighted by molar-refractivity contribution is 6.30. The van der Waals surface area contributed by atoms with Crippen molar-refractivity contribution in [2.45, 2.75) is 24.7 Å². The van der Waals surface area contributed by atoms with Gasteiger partial charge in [-0.2, -0.15) is 13.2 Å². The number of nitrogens with zero attached hydrogens (tertiary/aromatic N) is 1. The molecule has 164 valence electrons. The fourth-order valence-corrected chi connectivity index (χ4v) is 4.17. The Morgan fingerprint density at radius 3 is 2.19 bits per heavy atom. The number of carbonyl (C=O) groups excluding carboxylic acids is 2. The van der Waals surface area contributed by atoms with E-state index < -0.39 is 35.6 Å². The van der Waals surface area contributed by atoms with Crippen molar-refractivity contribution in [3.63, 3.8) is 0 Å². The summed E-state index contributed by atoms with van der Waals surface area (Å²) in [6.45, 7) is 0.0415. The summed E-state index contributed by atoms with van der Waals surface area (Å²) in [5.41, 5.74) is 0.590. The van der Waals surface area contributed by atoms with E-state index in [1.54, 1.807) is 36.4 Å². The van der Waals surface area contributed by atoms with Crippen molar-refractivity contribution < 1.29 is 27.9 Å². The molecule has 1 aliphatic heterocycles. The van der Waals surface area contributed by atoms with Crippen LogP contribution in [0.3, 0.4) is 0 Å². The third kappa shape index (κ3) is 4.08. The first-order valence-corrected chi connectivity index (χ1v) is 10.1. The van der Waals surface area contributed by atoms with E-state index in [1.807, 2.05) is 0 Å². The van der Waals surface area contributed by atoms with Crippen LogP contribution in [0.5, 0.6) is 0 Å². The van der Waals surface area contributed by atoms with Crippen molar-refractivity contribution in [1.82, 2.24) is 4.90 Å². The Morgan fingerprint density at radius 1 is 0.969 bits per heavy atom. The maximum Gasteiger partial charge on any atom is 0.416 e. The standard InChI is InChI=1S/C24H17ClF3NO3/c25-17-11-5-14(6-12-17)13-29-21(15-7-9-16(10-8-15)24(26,27)28)20(23(31)32)18-3-1-2-4-19(18)22(29)30/h1-12,20-21H,13H2,(H,31,32)/p-1. The molecule has 0 aromatic heterocycles. The molecular formula is C24H16ClF3NO3-. The minimum absolute atomic E-state index is 0.0415. The zero-order valence-corrected chi connectivity index (χ0v) is 17.2. The van der Waals surface area contributed by atoms with Crippen LogP contribution in [0.4, 0.5) is 13.2 Å². The normalized spacial score (nSPS) is 18.4. The van der Waals surface area contributed by atoms with E-state index in [2.05, 4.69) is 0 Å². The van der Waals surface area contributed by atoms with E-state index in [4.69, 9.17) is 11.6 Å². The molecule has 0 spiro atoms. The van der Waals surface area contributed by atoms with E-state index in [0.29, 0.717) is 10.6 Å². The molecule has 0 saturated heterocycles. The number of carbonyl (C=O) groups is 2. The molecule has 4 nitrogen and oxygen atoms in total. The summed E-state index contributed by atoms with van der Waals surface area (Å²) in [6, 6.07) is 16.1. The molecule has 4 rings (SSSR count). The summed E-state index contributed by atoms with van der Waals surface area (Å²) in [7, 11) is 0. The van der Waals surface area contributed by atoms with Crippen molar-refractivity contribution in [3.05, 3.63) is 106 Å². The van der Waals surface area contributed by atoms with Gasteiger partial charge in [-0.1, -0.05) is 54.1 Å². The predicted molar refractivity (Wildman–Crippen MR) is 110 cm³/mol. The number of fused-ring (bicyclic) bond motifs is 1. The second kappa shape index (κ2) is 8.31. The van der Waals surface area contributed by atoms with Crippen LogP contribution < -0.4 is 5.11 Å². The van der Waals surface area contributed by atoms with Gasteiger partial charge in [-0.25, -0.2) is 0 Å². The Bertz CT molecular complexity index is 1160. The molecule has 0 aliphatic carbocycles. The number of hydrogen-bond acceptors (Lipinski definition) is 3. The molecule has 0 fully saturated rings. The lowest BCUT2D eigenvalue weighted by Crippen LogP contribution is -2.47. The summed E-state index contributed by atoms with van der Waals surface area (Å²) in [5, 5.41) is 12.7. The van der Waals surface area contributed by atoms with Gasteiger partial charge in [-0.15, -0.1) is 0 Å². The van der Waals surface area contributed by atoms with Crippen LogP contribution in [-0.4, -0.2) is 16.8 Å². The van der Waals surface area contributed by atoms with E-state index >= 15 is 0 Å². The summed E-state index contributed by atoms with van der Waals surface area (Å²) < 4.78 is 39.1. The topological polar surface area (TPSA) is 60.4 Å². The van der Waals surface area contributed by atoms with E-state index in [0.717, 1.165) is 12.1 Å². The molecule has 32 heavy (non-hydrogen) atoms. The van der Waals surface area contributed by atoms with Gasteiger partial charge >= 0.3 is 6.18 Å². The van der Waals surface area contributed by atoms with E-state index in [1.165, 1.54) is 29.2 Å². The minimum Gasteiger partial charge on any atom is -0.549 e. The number of alkyl halides is 3. The highest BCUT2D eigenvalue weighted by Gasteiger charge is 2.41. The number of rotatable bonds is 4. The lowest BCUT2D eigenvalue weighted by atomic mass is 9.79. The smallest absolute Gasteiger partial charge is 0.416 e. The predicted octanol–water partition coefficient (Wildman–Crippen LogP) is 4.59. The zero-order chi connectivity index (χ0) is 23.0. The molecule has 1 amide bonds. The Hall–Kier alpha value is -3.32. The number of hydrogen-bond donors (Lipinski definition) is 0. The number of amides is 1. The van der Waals surface area contributed by atoms with Crippen LogP contribution >= 0.6 is 11.6 Å². The largest absolute Gasteiger partial charge is 0.549 e. The van der Waals surface area contributed by atoms with Crippen LogP contribution in [0.2, 0.25) is 5.02 Å². The van der Waals surface area contributed by atoms with Gasteiger partial charge in [0, 0.05) is 23.0 Å². The van der Waals surface area contributed by atoms with Gasteiger partial charge < -0.3 is 14.8 Å². The molecular weight excluding hydrogens is 443 g/mol.